The molecule has 0 aromatic rings. The summed E-state index contributed by atoms with van der Waals surface area (Å²) in [5, 5.41) is 3.58. The molecule has 0 unspecified atom stereocenters. The van der Waals surface area contributed by atoms with E-state index in [0.29, 0.717) is 5.84 Å². The number of hydrogen-bond donors (Lipinski definition) is 3. The Morgan fingerprint density at radius 2 is 1.18 bits per heavy atom. The van der Waals surface area contributed by atoms with Gasteiger partial charge in [-0.3, -0.25) is 0 Å². The summed E-state index contributed by atoms with van der Waals surface area (Å²) < 4.78 is 0. The molecule has 5 heteroatoms. The molecular formula is C17H36N4O. The zero-order valence-electron chi connectivity index (χ0n) is 14.2. The number of rotatable bonds is 16. The highest BCUT2D eigenvalue weighted by Gasteiger charge is 1.97. The Morgan fingerprint density at radius 3 is 1.55 bits per heavy atom. The van der Waals surface area contributed by atoms with Crippen LogP contribution in [0.15, 0.2) is 5.10 Å². The number of amidine groups is 1. The molecule has 0 spiro atoms. The monoisotopic (exact) mass is 312 g/mol. The van der Waals surface area contributed by atoms with Gasteiger partial charge in [0.25, 0.3) is 0 Å². The Kier molecular flexibility index (Phi) is 17.1. The van der Waals surface area contributed by atoms with E-state index in [0.717, 1.165) is 32.0 Å². The minimum absolute atomic E-state index is 0.686. The Bertz CT molecular complexity index is 269. The average Bonchev–Trinajstić information content (AvgIpc) is 2.55. The van der Waals surface area contributed by atoms with Crippen LogP contribution in [-0.2, 0) is 4.79 Å². The standard InChI is InChI=1S/C17H36N4O/c18-20-17(21-19)15-13-11-9-7-5-3-1-2-4-6-8-10-12-14-16-22/h16H,1-15,18-19H2,(H,20,21). The lowest BCUT2D eigenvalue weighted by Crippen LogP contribution is -2.31. The topological polar surface area (TPSA) is 93.5 Å². The summed E-state index contributed by atoms with van der Waals surface area (Å²) in [6.45, 7) is 0. The molecular weight excluding hydrogens is 276 g/mol. The average molecular weight is 313 g/mol. The molecule has 0 bridgehead atoms. The maximum atomic E-state index is 10.2. The van der Waals surface area contributed by atoms with Crippen LogP contribution in [0, 0.1) is 0 Å². The highest BCUT2D eigenvalue weighted by atomic mass is 16.1. The highest BCUT2D eigenvalue weighted by molar-refractivity contribution is 5.81. The molecule has 0 aromatic heterocycles. The van der Waals surface area contributed by atoms with E-state index in [1.54, 1.807) is 0 Å². The van der Waals surface area contributed by atoms with Crippen molar-refractivity contribution in [1.29, 1.82) is 0 Å². The first-order valence-corrected chi connectivity index (χ1v) is 9.02. The third-order valence-corrected chi connectivity index (χ3v) is 4.06. The molecule has 0 aromatic carbocycles. The van der Waals surface area contributed by atoms with E-state index in [1.165, 1.54) is 70.6 Å². The number of nitrogens with zero attached hydrogens (tertiary/aromatic N) is 1. The van der Waals surface area contributed by atoms with Gasteiger partial charge in [0.1, 0.15) is 12.1 Å². The lowest BCUT2D eigenvalue weighted by atomic mass is 10.0. The fraction of sp³-hybridized carbons (Fsp3) is 0.882. The first kappa shape index (κ1) is 20.9. The van der Waals surface area contributed by atoms with E-state index in [1.807, 2.05) is 0 Å². The molecule has 0 rings (SSSR count). The number of hydrazine groups is 1. The van der Waals surface area contributed by atoms with Gasteiger partial charge in [-0.15, -0.1) is 0 Å². The molecule has 5 N–H and O–H groups in total. The number of nitrogens with two attached hydrogens (primary N) is 2. The van der Waals surface area contributed by atoms with Crippen molar-refractivity contribution >= 4 is 12.1 Å². The Balaban J connectivity index is 3.07. The smallest absolute Gasteiger partial charge is 0.135 e. The quantitative estimate of drug-likeness (QED) is 0.101. The maximum absolute atomic E-state index is 10.2. The molecule has 0 heterocycles. The van der Waals surface area contributed by atoms with E-state index >= 15 is 0 Å². The summed E-state index contributed by atoms with van der Waals surface area (Å²) >= 11 is 0. The van der Waals surface area contributed by atoms with Gasteiger partial charge in [-0.25, -0.2) is 5.84 Å². The van der Waals surface area contributed by atoms with Crippen LogP contribution in [0.2, 0.25) is 0 Å². The molecule has 130 valence electrons. The van der Waals surface area contributed by atoms with Crippen molar-refractivity contribution in [2.24, 2.45) is 16.8 Å². The highest BCUT2D eigenvalue weighted by Crippen LogP contribution is 2.13. The number of hydrazone groups is 1. The number of nitrogens with one attached hydrogen (secondary N) is 1. The predicted octanol–water partition coefficient (Wildman–Crippen LogP) is 3.77. The van der Waals surface area contributed by atoms with E-state index in [2.05, 4.69) is 10.5 Å². The van der Waals surface area contributed by atoms with E-state index in [9.17, 15) is 4.79 Å². The first-order chi connectivity index (χ1) is 10.8. The third kappa shape index (κ3) is 15.3. The maximum Gasteiger partial charge on any atom is 0.135 e. The number of hydrogen-bond acceptors (Lipinski definition) is 4. The van der Waals surface area contributed by atoms with Crippen LogP contribution in [0.5, 0.6) is 0 Å². The van der Waals surface area contributed by atoms with Crippen LogP contribution < -0.4 is 17.1 Å². The molecule has 5 nitrogen and oxygen atoms in total. The summed E-state index contributed by atoms with van der Waals surface area (Å²) in [7, 11) is 0. The molecule has 0 radical (unpaired) electrons. The summed E-state index contributed by atoms with van der Waals surface area (Å²) in [6, 6.07) is 0. The van der Waals surface area contributed by atoms with Gasteiger partial charge in [0, 0.05) is 12.8 Å². The van der Waals surface area contributed by atoms with Gasteiger partial charge >= 0.3 is 0 Å². The van der Waals surface area contributed by atoms with Crippen molar-refractivity contribution in [1.82, 2.24) is 5.43 Å². The zero-order valence-corrected chi connectivity index (χ0v) is 14.2. The largest absolute Gasteiger partial charge is 0.322 e. The van der Waals surface area contributed by atoms with Gasteiger partial charge in [-0.2, -0.15) is 5.10 Å². The molecule has 0 amide bonds. The van der Waals surface area contributed by atoms with E-state index in [4.69, 9.17) is 11.7 Å². The fourth-order valence-corrected chi connectivity index (χ4v) is 2.64. The molecule has 22 heavy (non-hydrogen) atoms. The van der Waals surface area contributed by atoms with Crippen LogP contribution in [0.4, 0.5) is 0 Å². The van der Waals surface area contributed by atoms with Gasteiger partial charge in [0.2, 0.25) is 0 Å². The molecule has 0 fully saturated rings. The van der Waals surface area contributed by atoms with Crippen LogP contribution in [0.3, 0.4) is 0 Å². The van der Waals surface area contributed by atoms with E-state index in [-0.39, 0.29) is 0 Å². The second kappa shape index (κ2) is 18.0. The summed E-state index contributed by atoms with van der Waals surface area (Å²) in [5.41, 5.74) is 2.51. The third-order valence-electron chi connectivity index (χ3n) is 4.06. The van der Waals surface area contributed by atoms with Crippen LogP contribution in [0.25, 0.3) is 0 Å². The second-order valence-corrected chi connectivity index (χ2v) is 6.02. The minimum Gasteiger partial charge on any atom is -0.322 e. The van der Waals surface area contributed by atoms with Gasteiger partial charge in [0.15, 0.2) is 0 Å². The Morgan fingerprint density at radius 1 is 0.773 bits per heavy atom. The normalized spacial score (nSPS) is 11.6. The van der Waals surface area contributed by atoms with Crippen molar-refractivity contribution < 1.29 is 4.79 Å². The summed E-state index contributed by atoms with van der Waals surface area (Å²) in [5.74, 6) is 11.1. The number of carbonyl (C=O) groups excluding carboxylic acids is 1. The lowest BCUT2D eigenvalue weighted by Gasteiger charge is -2.04. The van der Waals surface area contributed by atoms with Crippen LogP contribution >= 0.6 is 0 Å². The number of carbonyl (C=O) groups is 1. The molecule has 0 saturated carbocycles. The summed E-state index contributed by atoms with van der Waals surface area (Å²) in [6.07, 6.45) is 19.3. The number of unbranched alkanes of at least 4 members (excludes halogenated alkanes) is 13. The van der Waals surface area contributed by atoms with Crippen LogP contribution in [0.1, 0.15) is 96.3 Å². The van der Waals surface area contributed by atoms with Crippen molar-refractivity contribution in [3.8, 4) is 0 Å². The fourth-order valence-electron chi connectivity index (χ4n) is 2.64. The van der Waals surface area contributed by atoms with Gasteiger partial charge in [-0.05, 0) is 12.8 Å². The summed E-state index contributed by atoms with van der Waals surface area (Å²) in [4.78, 5) is 10.2. The zero-order chi connectivity index (χ0) is 16.3. The first-order valence-electron chi connectivity index (χ1n) is 9.02. The van der Waals surface area contributed by atoms with E-state index < -0.39 is 0 Å². The molecule has 0 atom stereocenters. The second-order valence-electron chi connectivity index (χ2n) is 6.02. The van der Waals surface area contributed by atoms with Crippen molar-refractivity contribution in [2.45, 2.75) is 96.3 Å². The number of aldehydes is 1. The molecule has 0 saturated heterocycles. The van der Waals surface area contributed by atoms with Crippen molar-refractivity contribution in [2.75, 3.05) is 0 Å². The molecule has 0 aliphatic carbocycles. The van der Waals surface area contributed by atoms with Gasteiger partial charge < -0.3 is 16.1 Å². The van der Waals surface area contributed by atoms with Crippen molar-refractivity contribution in [3.63, 3.8) is 0 Å². The lowest BCUT2D eigenvalue weighted by molar-refractivity contribution is -0.107. The van der Waals surface area contributed by atoms with Crippen molar-refractivity contribution in [3.05, 3.63) is 0 Å². The molecule has 0 aliphatic heterocycles. The Hall–Kier alpha value is -1.10. The van der Waals surface area contributed by atoms with Gasteiger partial charge in [0.05, 0.1) is 0 Å². The molecule has 0 aliphatic rings. The van der Waals surface area contributed by atoms with Gasteiger partial charge in [-0.1, -0.05) is 70.6 Å². The SMILES string of the molecule is N/N=C(/CCCCCCCCCCCCCCCC=O)NN. The Labute approximate surface area is 136 Å². The van der Waals surface area contributed by atoms with Crippen LogP contribution in [-0.4, -0.2) is 12.1 Å². The predicted molar refractivity (Wildman–Crippen MR) is 94.3 cm³/mol. The minimum atomic E-state index is 0.686.